The fourth-order valence-electron chi connectivity index (χ4n) is 3.95. The number of thiazole rings is 1. The monoisotopic (exact) mass is 684 g/mol. The van der Waals surface area contributed by atoms with Crippen LogP contribution in [0.15, 0.2) is 55.9 Å². The van der Waals surface area contributed by atoms with Crippen LogP contribution in [0.1, 0.15) is 31.0 Å². The molecule has 8 nitrogen and oxygen atoms in total. The molecule has 1 atom stereocenters. The van der Waals surface area contributed by atoms with Crippen LogP contribution in [0.3, 0.4) is 0 Å². The van der Waals surface area contributed by atoms with Crippen molar-refractivity contribution in [2.45, 2.75) is 19.9 Å². The van der Waals surface area contributed by atoms with Gasteiger partial charge in [0.05, 0.1) is 50.7 Å². The molecule has 2 aromatic carbocycles. The number of fused-ring (bicyclic) bond motifs is 1. The van der Waals surface area contributed by atoms with Crippen molar-refractivity contribution in [2.75, 3.05) is 20.8 Å². The third-order valence-corrected chi connectivity index (χ3v) is 7.99. The number of halogens is 2. The molecule has 3 aromatic rings. The molecule has 0 radical (unpaired) electrons. The van der Waals surface area contributed by atoms with Crippen molar-refractivity contribution in [1.82, 2.24) is 4.57 Å². The van der Waals surface area contributed by atoms with Crippen LogP contribution in [0.25, 0.3) is 6.08 Å². The minimum absolute atomic E-state index is 0.136. The highest BCUT2D eigenvalue weighted by Crippen LogP contribution is 2.36. The van der Waals surface area contributed by atoms with Crippen molar-refractivity contribution in [3.05, 3.63) is 80.5 Å². The molecule has 0 saturated carbocycles. The number of aromatic hydroxyl groups is 1. The maximum Gasteiger partial charge on any atom is 0.338 e. The molecular formula is C25H22BrIN2O6S. The van der Waals surface area contributed by atoms with Crippen molar-refractivity contribution in [3.63, 3.8) is 0 Å². The van der Waals surface area contributed by atoms with Crippen molar-refractivity contribution >= 4 is 61.9 Å². The summed E-state index contributed by atoms with van der Waals surface area (Å²) in [5.74, 6) is 0.597. The molecule has 1 N–H and O–H groups in total. The molecule has 0 aliphatic carbocycles. The molecule has 0 spiro atoms. The van der Waals surface area contributed by atoms with E-state index in [1.54, 1.807) is 50.3 Å². The first-order valence-electron chi connectivity index (χ1n) is 10.8. The highest BCUT2D eigenvalue weighted by Gasteiger charge is 2.34. The Labute approximate surface area is 232 Å². The second-order valence-corrected chi connectivity index (χ2v) is 10.8. The zero-order valence-corrected chi connectivity index (χ0v) is 24.4. The van der Waals surface area contributed by atoms with E-state index >= 15 is 0 Å². The average molecular weight is 685 g/mol. The van der Waals surface area contributed by atoms with Crippen molar-refractivity contribution < 1.29 is 24.1 Å². The highest BCUT2D eigenvalue weighted by atomic mass is 127. The molecule has 0 bridgehead atoms. The van der Waals surface area contributed by atoms with E-state index in [1.807, 2.05) is 22.6 Å². The van der Waals surface area contributed by atoms with Crippen molar-refractivity contribution in [3.8, 4) is 17.2 Å². The Morgan fingerprint density at radius 2 is 1.97 bits per heavy atom. The Kier molecular flexibility index (Phi) is 7.90. The summed E-state index contributed by atoms with van der Waals surface area (Å²) in [6.45, 7) is 3.65. The minimum Gasteiger partial charge on any atom is -0.506 e. The fourth-order valence-corrected chi connectivity index (χ4v) is 6.49. The van der Waals surface area contributed by atoms with Crippen LogP contribution in [0, 0.1) is 3.57 Å². The zero-order valence-electron chi connectivity index (χ0n) is 19.8. The normalized spacial score (nSPS) is 15.4. The largest absolute Gasteiger partial charge is 0.506 e. The average Bonchev–Trinajstić information content (AvgIpc) is 3.15. The molecule has 36 heavy (non-hydrogen) atoms. The first-order chi connectivity index (χ1) is 17.2. The smallest absolute Gasteiger partial charge is 0.338 e. The maximum atomic E-state index is 13.7. The predicted molar refractivity (Wildman–Crippen MR) is 148 cm³/mol. The van der Waals surface area contributed by atoms with Crippen LogP contribution < -0.4 is 24.4 Å². The molecule has 4 rings (SSSR count). The van der Waals surface area contributed by atoms with Gasteiger partial charge in [0.25, 0.3) is 5.56 Å². The number of aromatic nitrogens is 1. The van der Waals surface area contributed by atoms with E-state index in [9.17, 15) is 14.7 Å². The van der Waals surface area contributed by atoms with E-state index < -0.39 is 12.0 Å². The van der Waals surface area contributed by atoms with Gasteiger partial charge in [-0.05, 0) is 93.8 Å². The van der Waals surface area contributed by atoms with E-state index in [0.717, 1.165) is 5.56 Å². The Balaban J connectivity index is 1.98. The number of hydrogen-bond acceptors (Lipinski definition) is 8. The summed E-state index contributed by atoms with van der Waals surface area (Å²) in [6.07, 6.45) is 1.74. The van der Waals surface area contributed by atoms with Crippen LogP contribution >= 0.6 is 49.9 Å². The molecule has 1 aromatic heterocycles. The lowest BCUT2D eigenvalue weighted by atomic mass is 9.95. The number of phenolic OH excluding ortho intramolecular Hbond substituents is 1. The fraction of sp³-hybridized carbons (Fsp3) is 0.240. The number of ether oxygens (including phenoxy) is 3. The second kappa shape index (κ2) is 10.8. The Bertz CT molecular complexity index is 1550. The van der Waals surface area contributed by atoms with Crippen molar-refractivity contribution in [1.29, 1.82) is 0 Å². The van der Waals surface area contributed by atoms with Gasteiger partial charge in [0.15, 0.2) is 16.3 Å². The number of phenols is 1. The quantitative estimate of drug-likeness (QED) is 0.313. The van der Waals surface area contributed by atoms with Crippen LogP contribution in [-0.2, 0) is 9.53 Å². The van der Waals surface area contributed by atoms with Gasteiger partial charge in [0, 0.05) is 0 Å². The second-order valence-electron chi connectivity index (χ2n) is 7.75. The lowest BCUT2D eigenvalue weighted by Gasteiger charge is -2.25. The molecule has 2 heterocycles. The van der Waals surface area contributed by atoms with E-state index in [1.165, 1.54) is 30.1 Å². The number of rotatable bonds is 6. The molecule has 11 heteroatoms. The van der Waals surface area contributed by atoms with Gasteiger partial charge in [0.2, 0.25) is 0 Å². The zero-order chi connectivity index (χ0) is 26.1. The summed E-state index contributed by atoms with van der Waals surface area (Å²) in [7, 11) is 3.06. The Morgan fingerprint density at radius 1 is 1.25 bits per heavy atom. The summed E-state index contributed by atoms with van der Waals surface area (Å²) >= 11 is 6.60. The van der Waals surface area contributed by atoms with E-state index in [2.05, 4.69) is 20.9 Å². The first kappa shape index (κ1) is 26.4. The SMILES string of the molecule is CCOC(=O)C1=C(C)N=c2s/c(=C/c3cc(Br)c(O)c(I)c3)c(=O)n2[C@H]1c1ccc(OC)c(OC)c1. The van der Waals surface area contributed by atoms with E-state index in [0.29, 0.717) is 40.1 Å². The number of esters is 1. The van der Waals surface area contributed by atoms with Gasteiger partial charge in [-0.15, -0.1) is 0 Å². The molecule has 0 saturated heterocycles. The Hall–Kier alpha value is -2.64. The van der Waals surface area contributed by atoms with Gasteiger partial charge in [-0.3, -0.25) is 9.36 Å². The van der Waals surface area contributed by atoms with Gasteiger partial charge >= 0.3 is 5.97 Å². The summed E-state index contributed by atoms with van der Waals surface area (Å²) in [6, 6.07) is 8.02. The summed E-state index contributed by atoms with van der Waals surface area (Å²) < 4.78 is 19.3. The van der Waals surface area contributed by atoms with Gasteiger partial charge in [-0.25, -0.2) is 9.79 Å². The highest BCUT2D eigenvalue weighted by molar-refractivity contribution is 14.1. The maximum absolute atomic E-state index is 13.7. The molecule has 0 amide bonds. The molecule has 188 valence electrons. The van der Waals surface area contributed by atoms with Crippen LogP contribution in [0.2, 0.25) is 0 Å². The summed E-state index contributed by atoms with van der Waals surface area (Å²) in [5.41, 5.74) is 1.85. The molecule has 1 aliphatic rings. The van der Waals surface area contributed by atoms with Crippen LogP contribution in [-0.4, -0.2) is 36.5 Å². The van der Waals surface area contributed by atoms with E-state index in [4.69, 9.17) is 14.2 Å². The number of allylic oxidation sites excluding steroid dienone is 1. The Morgan fingerprint density at radius 3 is 2.61 bits per heavy atom. The minimum atomic E-state index is -0.769. The predicted octanol–water partition coefficient (Wildman–Crippen LogP) is 3.89. The molecular weight excluding hydrogens is 663 g/mol. The van der Waals surface area contributed by atoms with Gasteiger partial charge in [0.1, 0.15) is 5.75 Å². The standard InChI is InChI=1S/C25H22BrIN2O6S/c1-5-35-24(32)20-12(2)28-25-29(21(20)14-6-7-17(33-3)18(11-14)34-4)23(31)19(36-25)10-13-8-15(26)22(30)16(27)9-13/h6-11,21,30H,5H2,1-4H3/b19-10+/t21-/m0/s1. The number of carbonyl (C=O) groups excluding carboxylic acids is 1. The van der Waals surface area contributed by atoms with Crippen LogP contribution in [0.4, 0.5) is 0 Å². The first-order valence-corrected chi connectivity index (χ1v) is 13.5. The topological polar surface area (TPSA) is 99.4 Å². The summed E-state index contributed by atoms with van der Waals surface area (Å²) in [4.78, 5) is 31.8. The van der Waals surface area contributed by atoms with Gasteiger partial charge in [-0.1, -0.05) is 17.4 Å². The number of methoxy groups -OCH3 is 2. The van der Waals surface area contributed by atoms with Gasteiger partial charge < -0.3 is 19.3 Å². The number of carbonyl (C=O) groups is 1. The molecule has 0 fully saturated rings. The molecule has 1 aliphatic heterocycles. The van der Waals surface area contributed by atoms with Crippen LogP contribution in [0.5, 0.6) is 17.2 Å². The van der Waals surface area contributed by atoms with Crippen molar-refractivity contribution in [2.24, 2.45) is 4.99 Å². The number of nitrogens with zero attached hydrogens (tertiary/aromatic N) is 2. The molecule has 0 unspecified atom stereocenters. The lowest BCUT2D eigenvalue weighted by molar-refractivity contribution is -0.139. The third kappa shape index (κ3) is 4.83. The lowest BCUT2D eigenvalue weighted by Crippen LogP contribution is -2.40. The van der Waals surface area contributed by atoms with Gasteiger partial charge in [-0.2, -0.15) is 0 Å². The number of hydrogen-bond donors (Lipinski definition) is 1. The van der Waals surface area contributed by atoms with E-state index in [-0.39, 0.29) is 23.5 Å². The summed E-state index contributed by atoms with van der Waals surface area (Å²) in [5, 5.41) is 10.1. The number of benzene rings is 2. The third-order valence-electron chi connectivity index (χ3n) is 5.58.